The number of rotatable bonds is 5. The van der Waals surface area contributed by atoms with Gasteiger partial charge in [0.1, 0.15) is 23.0 Å². The van der Waals surface area contributed by atoms with Gasteiger partial charge in [0.25, 0.3) is 0 Å². The van der Waals surface area contributed by atoms with Gasteiger partial charge < -0.3 is 18.9 Å². The molecule has 2 rings (SSSR count). The zero-order valence-corrected chi connectivity index (χ0v) is 14.2. The molecule has 0 aromatic heterocycles. The SMILES string of the molecule is COc1cc(-c2cc(OC)c(Cl)cc2OC)c(OC)cc1Cl. The minimum Gasteiger partial charge on any atom is -0.496 e. The summed E-state index contributed by atoms with van der Waals surface area (Å²) in [5.74, 6) is 2.25. The maximum atomic E-state index is 6.14. The molecule has 0 N–H and O–H groups in total. The Morgan fingerprint density at radius 2 is 0.864 bits per heavy atom. The van der Waals surface area contributed by atoms with Crippen LogP contribution < -0.4 is 18.9 Å². The average molecular weight is 343 g/mol. The number of halogens is 2. The van der Waals surface area contributed by atoms with Crippen molar-refractivity contribution in [3.05, 3.63) is 34.3 Å². The first-order valence-electron chi connectivity index (χ1n) is 6.39. The van der Waals surface area contributed by atoms with Crippen LogP contribution in [0.1, 0.15) is 0 Å². The Hall–Kier alpha value is -1.78. The zero-order chi connectivity index (χ0) is 16.3. The van der Waals surface area contributed by atoms with Crippen molar-refractivity contribution < 1.29 is 18.9 Å². The lowest BCUT2D eigenvalue weighted by Gasteiger charge is -2.16. The van der Waals surface area contributed by atoms with Crippen LogP contribution in [0.3, 0.4) is 0 Å². The van der Waals surface area contributed by atoms with Crippen LogP contribution >= 0.6 is 23.2 Å². The van der Waals surface area contributed by atoms with Crippen LogP contribution in [0.2, 0.25) is 10.0 Å². The van der Waals surface area contributed by atoms with Gasteiger partial charge in [0, 0.05) is 23.3 Å². The highest BCUT2D eigenvalue weighted by Crippen LogP contribution is 2.45. The number of benzene rings is 2. The number of ether oxygens (including phenoxy) is 4. The van der Waals surface area contributed by atoms with Crippen molar-refractivity contribution in [3.8, 4) is 34.1 Å². The van der Waals surface area contributed by atoms with Crippen LogP contribution in [0.4, 0.5) is 0 Å². The fourth-order valence-corrected chi connectivity index (χ4v) is 2.60. The topological polar surface area (TPSA) is 36.9 Å². The summed E-state index contributed by atoms with van der Waals surface area (Å²) in [6, 6.07) is 6.95. The second-order valence-electron chi connectivity index (χ2n) is 4.37. The maximum absolute atomic E-state index is 6.14. The lowest BCUT2D eigenvalue weighted by atomic mass is 10.0. The average Bonchev–Trinajstić information content (AvgIpc) is 2.54. The van der Waals surface area contributed by atoms with Crippen molar-refractivity contribution in [1.82, 2.24) is 0 Å². The van der Waals surface area contributed by atoms with Crippen molar-refractivity contribution in [1.29, 1.82) is 0 Å². The summed E-state index contributed by atoms with van der Waals surface area (Å²) >= 11 is 12.3. The summed E-state index contributed by atoms with van der Waals surface area (Å²) in [6.45, 7) is 0. The summed E-state index contributed by atoms with van der Waals surface area (Å²) in [4.78, 5) is 0. The summed E-state index contributed by atoms with van der Waals surface area (Å²) in [5.41, 5.74) is 1.52. The molecule has 0 heterocycles. The van der Waals surface area contributed by atoms with Crippen molar-refractivity contribution in [2.45, 2.75) is 0 Å². The van der Waals surface area contributed by atoms with Gasteiger partial charge in [0.2, 0.25) is 0 Å². The van der Waals surface area contributed by atoms with Gasteiger partial charge in [-0.05, 0) is 12.1 Å². The summed E-state index contributed by atoms with van der Waals surface area (Å²) in [7, 11) is 6.25. The quantitative estimate of drug-likeness (QED) is 0.789. The Morgan fingerprint density at radius 1 is 0.545 bits per heavy atom. The maximum Gasteiger partial charge on any atom is 0.138 e. The molecule has 0 saturated heterocycles. The third kappa shape index (κ3) is 3.03. The van der Waals surface area contributed by atoms with Crippen molar-refractivity contribution in [2.24, 2.45) is 0 Å². The predicted molar refractivity (Wildman–Crippen MR) is 88.1 cm³/mol. The van der Waals surface area contributed by atoms with E-state index in [1.165, 1.54) is 0 Å². The highest BCUT2D eigenvalue weighted by molar-refractivity contribution is 6.33. The van der Waals surface area contributed by atoms with E-state index in [9.17, 15) is 0 Å². The first-order valence-corrected chi connectivity index (χ1v) is 7.14. The van der Waals surface area contributed by atoms with Crippen molar-refractivity contribution in [3.63, 3.8) is 0 Å². The Bertz CT molecular complexity index is 627. The Labute approximate surface area is 139 Å². The Kier molecular flexibility index (Phi) is 5.27. The molecule has 0 unspecified atom stereocenters. The molecule has 0 aliphatic carbocycles. The standard InChI is InChI=1S/C16H16Cl2O4/c1-19-13-7-11(17)15(21-3)5-9(13)10-6-16(22-4)12(18)8-14(10)20-2/h5-8H,1-4H3. The first-order chi connectivity index (χ1) is 10.5. The second kappa shape index (κ2) is 6.99. The van der Waals surface area contributed by atoms with E-state index in [2.05, 4.69) is 0 Å². The van der Waals surface area contributed by atoms with Gasteiger partial charge in [-0.2, -0.15) is 0 Å². The molecule has 2 aromatic rings. The molecule has 6 heteroatoms. The molecule has 0 spiro atoms. The Morgan fingerprint density at radius 3 is 1.14 bits per heavy atom. The first kappa shape index (κ1) is 16.6. The van der Waals surface area contributed by atoms with Crippen LogP contribution in [0.15, 0.2) is 24.3 Å². The van der Waals surface area contributed by atoms with Crippen LogP contribution in [-0.4, -0.2) is 28.4 Å². The molecule has 2 aromatic carbocycles. The molecule has 0 amide bonds. The summed E-state index contributed by atoms with van der Waals surface area (Å²) in [5, 5.41) is 0.922. The molecule has 4 nitrogen and oxygen atoms in total. The molecule has 118 valence electrons. The Balaban J connectivity index is 2.74. The molecule has 0 aliphatic heterocycles. The van der Waals surface area contributed by atoms with Gasteiger partial charge in [-0.3, -0.25) is 0 Å². The van der Waals surface area contributed by atoms with E-state index < -0.39 is 0 Å². The molecular weight excluding hydrogens is 327 g/mol. The van der Waals surface area contributed by atoms with Gasteiger partial charge in [-0.15, -0.1) is 0 Å². The third-order valence-electron chi connectivity index (χ3n) is 3.24. The highest BCUT2D eigenvalue weighted by Gasteiger charge is 2.18. The molecule has 0 saturated carbocycles. The molecule has 22 heavy (non-hydrogen) atoms. The number of hydrogen-bond acceptors (Lipinski definition) is 4. The lowest BCUT2D eigenvalue weighted by molar-refractivity contribution is 0.399. The smallest absolute Gasteiger partial charge is 0.138 e. The van der Waals surface area contributed by atoms with E-state index in [0.29, 0.717) is 33.0 Å². The van der Waals surface area contributed by atoms with E-state index in [0.717, 1.165) is 11.1 Å². The van der Waals surface area contributed by atoms with E-state index in [1.807, 2.05) is 0 Å². The van der Waals surface area contributed by atoms with E-state index >= 15 is 0 Å². The third-order valence-corrected chi connectivity index (χ3v) is 3.83. The number of hydrogen-bond donors (Lipinski definition) is 0. The fourth-order valence-electron chi connectivity index (χ4n) is 2.14. The number of methoxy groups -OCH3 is 4. The predicted octanol–water partition coefficient (Wildman–Crippen LogP) is 4.69. The monoisotopic (exact) mass is 342 g/mol. The van der Waals surface area contributed by atoms with Crippen molar-refractivity contribution >= 4 is 23.2 Å². The highest BCUT2D eigenvalue weighted by atomic mass is 35.5. The summed E-state index contributed by atoms with van der Waals surface area (Å²) in [6.07, 6.45) is 0. The molecule has 0 aliphatic rings. The second-order valence-corrected chi connectivity index (χ2v) is 5.19. The van der Waals surface area contributed by atoms with E-state index in [-0.39, 0.29) is 0 Å². The van der Waals surface area contributed by atoms with E-state index in [4.69, 9.17) is 42.1 Å². The minimum absolute atomic E-state index is 0.461. The summed E-state index contributed by atoms with van der Waals surface area (Å²) < 4.78 is 21.4. The van der Waals surface area contributed by atoms with Gasteiger partial charge >= 0.3 is 0 Å². The van der Waals surface area contributed by atoms with Gasteiger partial charge in [0.05, 0.1) is 38.5 Å². The normalized spacial score (nSPS) is 10.3. The van der Waals surface area contributed by atoms with Gasteiger partial charge in [-0.1, -0.05) is 23.2 Å². The molecule has 0 atom stereocenters. The fraction of sp³-hybridized carbons (Fsp3) is 0.250. The zero-order valence-electron chi connectivity index (χ0n) is 12.7. The molecule has 0 bridgehead atoms. The minimum atomic E-state index is 0.461. The van der Waals surface area contributed by atoms with Gasteiger partial charge in [0.15, 0.2) is 0 Å². The van der Waals surface area contributed by atoms with Crippen LogP contribution in [0, 0.1) is 0 Å². The van der Waals surface area contributed by atoms with Gasteiger partial charge in [-0.25, -0.2) is 0 Å². The largest absolute Gasteiger partial charge is 0.496 e. The molecule has 0 fully saturated rings. The molecular formula is C16H16Cl2O4. The lowest BCUT2D eigenvalue weighted by Crippen LogP contribution is -1.95. The van der Waals surface area contributed by atoms with Crippen molar-refractivity contribution in [2.75, 3.05) is 28.4 Å². The van der Waals surface area contributed by atoms with E-state index in [1.54, 1.807) is 52.7 Å². The van der Waals surface area contributed by atoms with Crippen LogP contribution in [0.5, 0.6) is 23.0 Å². The van der Waals surface area contributed by atoms with Crippen LogP contribution in [0.25, 0.3) is 11.1 Å². The van der Waals surface area contributed by atoms with Crippen LogP contribution in [-0.2, 0) is 0 Å². The molecule has 0 radical (unpaired) electrons.